The van der Waals surface area contributed by atoms with Crippen LogP contribution in [0, 0.1) is 5.92 Å². The molecule has 5 heteroatoms. The normalized spacial score (nSPS) is 14.0. The van der Waals surface area contributed by atoms with Crippen LogP contribution in [0.25, 0.3) is 0 Å². The van der Waals surface area contributed by atoms with Gasteiger partial charge in [0.1, 0.15) is 24.6 Å². The van der Waals surface area contributed by atoms with Gasteiger partial charge in [-0.05, 0) is 67.5 Å². The van der Waals surface area contributed by atoms with Gasteiger partial charge in [0.05, 0.1) is 19.2 Å². The number of aliphatic hydroxyl groups excluding tert-OH is 1. The van der Waals surface area contributed by atoms with Crippen molar-refractivity contribution in [2.45, 2.75) is 89.6 Å². The average molecular weight is 652 g/mol. The summed E-state index contributed by atoms with van der Waals surface area (Å²) in [6, 6.07) is 36.9. The fourth-order valence-corrected chi connectivity index (χ4v) is 7.62. The van der Waals surface area contributed by atoms with E-state index in [1.54, 1.807) is 12.1 Å². The van der Waals surface area contributed by atoms with Crippen molar-refractivity contribution in [2.24, 2.45) is 11.7 Å². The van der Waals surface area contributed by atoms with Crippen LogP contribution in [0.15, 0.2) is 109 Å². The first-order chi connectivity index (χ1) is 23.5. The summed E-state index contributed by atoms with van der Waals surface area (Å²) in [5.74, 6) is 0.768. The molecule has 5 N–H and O–H groups in total. The molecule has 0 radical (unpaired) electrons. The van der Waals surface area contributed by atoms with Crippen LogP contribution in [-0.2, 0) is 25.8 Å². The van der Waals surface area contributed by atoms with Crippen LogP contribution < -0.4 is 5.73 Å². The largest absolute Gasteiger partial charge is 0.508 e. The number of hydrogen-bond acceptors (Lipinski definition) is 4. The number of unbranched alkanes of at least 4 members (excludes halogenated alkanes) is 8. The second kappa shape index (κ2) is 20.7. The summed E-state index contributed by atoms with van der Waals surface area (Å²) in [6.07, 6.45) is 13.1. The van der Waals surface area contributed by atoms with E-state index in [2.05, 4.69) is 60.7 Å². The lowest BCUT2D eigenvalue weighted by atomic mass is 9.80. The number of aromatic hydroxyl groups is 2. The number of nitrogens with zero attached hydrogens (tertiary/aromatic N) is 1. The van der Waals surface area contributed by atoms with E-state index in [4.69, 9.17) is 5.73 Å². The van der Waals surface area contributed by atoms with E-state index in [9.17, 15) is 15.3 Å². The topological polar surface area (TPSA) is 86.7 Å². The van der Waals surface area contributed by atoms with Gasteiger partial charge in [0.2, 0.25) is 0 Å². The molecular weight excluding hydrogens is 592 g/mol. The van der Waals surface area contributed by atoms with Crippen LogP contribution in [0.2, 0.25) is 0 Å². The Morgan fingerprint density at radius 3 is 1.52 bits per heavy atom. The minimum Gasteiger partial charge on any atom is -0.508 e. The van der Waals surface area contributed by atoms with Crippen molar-refractivity contribution in [3.63, 3.8) is 0 Å². The highest BCUT2D eigenvalue weighted by molar-refractivity contribution is 5.34. The summed E-state index contributed by atoms with van der Waals surface area (Å²) in [7, 11) is 0. The maximum Gasteiger partial charge on any atom is 0.119 e. The number of quaternary nitrogens is 1. The zero-order valence-corrected chi connectivity index (χ0v) is 28.9. The number of benzene rings is 4. The number of para-hydroxylation sites is 2. The fourth-order valence-electron chi connectivity index (χ4n) is 7.62. The molecule has 5 nitrogen and oxygen atoms in total. The van der Waals surface area contributed by atoms with Gasteiger partial charge in [0.15, 0.2) is 0 Å². The van der Waals surface area contributed by atoms with Crippen molar-refractivity contribution in [3.8, 4) is 11.5 Å². The van der Waals surface area contributed by atoms with Gasteiger partial charge in [-0.1, -0.05) is 136 Å². The highest BCUT2D eigenvalue weighted by Gasteiger charge is 2.42. The lowest BCUT2D eigenvalue weighted by Crippen LogP contribution is -2.61. The summed E-state index contributed by atoms with van der Waals surface area (Å²) in [4.78, 5) is 0. The summed E-state index contributed by atoms with van der Waals surface area (Å²) in [5.41, 5.74) is 10.0. The SMILES string of the molecule is NCCCCCCCCCCC[N+](CCO)(Cc1ccccc1)C(Cc1ccccc1O)C(Cc1ccccc1)Cc1ccccc1O. The van der Waals surface area contributed by atoms with Crippen LogP contribution in [0.4, 0.5) is 0 Å². The summed E-state index contributed by atoms with van der Waals surface area (Å²) in [6.45, 7) is 3.24. The number of phenols is 2. The lowest BCUT2D eigenvalue weighted by Gasteiger charge is -2.48. The van der Waals surface area contributed by atoms with Gasteiger partial charge in [-0.25, -0.2) is 0 Å². The molecule has 0 spiro atoms. The summed E-state index contributed by atoms with van der Waals surface area (Å²) >= 11 is 0. The van der Waals surface area contributed by atoms with E-state index < -0.39 is 0 Å². The third-order valence-corrected chi connectivity index (χ3v) is 10.2. The van der Waals surface area contributed by atoms with Crippen LogP contribution >= 0.6 is 0 Å². The molecule has 0 aliphatic carbocycles. The molecule has 258 valence electrons. The molecule has 0 saturated carbocycles. The van der Waals surface area contributed by atoms with E-state index in [-0.39, 0.29) is 18.6 Å². The first kappa shape index (κ1) is 37.2. The summed E-state index contributed by atoms with van der Waals surface area (Å²) < 4.78 is 0.721. The molecule has 0 amide bonds. The van der Waals surface area contributed by atoms with Crippen molar-refractivity contribution in [1.29, 1.82) is 0 Å². The van der Waals surface area contributed by atoms with E-state index in [1.807, 2.05) is 36.4 Å². The van der Waals surface area contributed by atoms with E-state index in [0.717, 1.165) is 60.9 Å². The van der Waals surface area contributed by atoms with Gasteiger partial charge >= 0.3 is 0 Å². The van der Waals surface area contributed by atoms with Crippen molar-refractivity contribution in [3.05, 3.63) is 131 Å². The molecule has 0 heterocycles. The van der Waals surface area contributed by atoms with E-state index in [0.29, 0.717) is 30.9 Å². The number of phenolic OH excluding ortho intramolecular Hbond substituents is 2. The van der Waals surface area contributed by atoms with Crippen LogP contribution in [-0.4, -0.2) is 52.1 Å². The number of aliphatic hydroxyl groups is 1. The Bertz CT molecular complexity index is 1430. The minimum atomic E-state index is 0.0630. The molecule has 0 aliphatic heterocycles. The van der Waals surface area contributed by atoms with Crippen molar-refractivity contribution >= 4 is 0 Å². The third kappa shape index (κ3) is 11.8. The van der Waals surface area contributed by atoms with Gasteiger partial charge in [-0.2, -0.15) is 0 Å². The van der Waals surface area contributed by atoms with Gasteiger partial charge in [0, 0.05) is 17.9 Å². The zero-order chi connectivity index (χ0) is 33.9. The molecule has 0 saturated heterocycles. The molecule has 4 aromatic rings. The third-order valence-electron chi connectivity index (χ3n) is 10.2. The smallest absolute Gasteiger partial charge is 0.119 e. The maximum absolute atomic E-state index is 11.1. The highest BCUT2D eigenvalue weighted by atomic mass is 16.3. The Kier molecular flexibility index (Phi) is 16.0. The highest BCUT2D eigenvalue weighted by Crippen LogP contribution is 2.36. The second-order valence-electron chi connectivity index (χ2n) is 13.7. The predicted molar refractivity (Wildman–Crippen MR) is 199 cm³/mol. The first-order valence-electron chi connectivity index (χ1n) is 18.3. The summed E-state index contributed by atoms with van der Waals surface area (Å²) in [5, 5.41) is 32.9. The number of nitrogens with two attached hydrogens (primary N) is 1. The van der Waals surface area contributed by atoms with Crippen molar-refractivity contribution in [2.75, 3.05) is 26.2 Å². The quantitative estimate of drug-likeness (QED) is 0.0478. The molecule has 3 atom stereocenters. The predicted octanol–water partition coefficient (Wildman–Crippen LogP) is 8.59. The van der Waals surface area contributed by atoms with Crippen LogP contribution in [0.1, 0.15) is 80.0 Å². The number of rotatable bonds is 23. The monoisotopic (exact) mass is 651 g/mol. The molecule has 0 bridgehead atoms. The van der Waals surface area contributed by atoms with Crippen molar-refractivity contribution in [1.82, 2.24) is 0 Å². The maximum atomic E-state index is 11.1. The molecule has 48 heavy (non-hydrogen) atoms. The van der Waals surface area contributed by atoms with Crippen LogP contribution in [0.3, 0.4) is 0 Å². The molecule has 0 aliphatic rings. The Morgan fingerprint density at radius 2 is 0.979 bits per heavy atom. The molecule has 4 rings (SSSR count). The molecule has 0 fully saturated rings. The lowest BCUT2D eigenvalue weighted by molar-refractivity contribution is -0.967. The molecule has 3 unspecified atom stereocenters. The molecule has 0 aromatic heterocycles. The minimum absolute atomic E-state index is 0.0630. The Morgan fingerprint density at radius 1 is 0.500 bits per heavy atom. The fraction of sp³-hybridized carbons (Fsp3) is 0.442. The molecule has 4 aromatic carbocycles. The zero-order valence-electron chi connectivity index (χ0n) is 28.9. The van der Waals surface area contributed by atoms with Gasteiger partial charge in [-0.3, -0.25) is 0 Å². The van der Waals surface area contributed by atoms with Gasteiger partial charge in [-0.15, -0.1) is 0 Å². The first-order valence-corrected chi connectivity index (χ1v) is 18.3. The second-order valence-corrected chi connectivity index (χ2v) is 13.7. The van der Waals surface area contributed by atoms with E-state index in [1.165, 1.54) is 49.7 Å². The molecular formula is C43H59N2O3+. The number of hydrogen-bond donors (Lipinski definition) is 4. The van der Waals surface area contributed by atoms with Gasteiger partial charge in [0.25, 0.3) is 0 Å². The Balaban J connectivity index is 1.71. The Hall–Kier alpha value is -3.64. The average Bonchev–Trinajstić information content (AvgIpc) is 3.10. The Labute approximate surface area is 289 Å². The standard InChI is InChI=1S/C43H58N2O3/c44-28-18-6-4-2-1-3-5-7-19-29-45(30-31-46,35-37-22-12-9-13-23-37)41(34-39-25-15-17-27-43(39)48)40(32-36-20-10-8-11-21-36)33-38-24-14-16-26-42(38)47/h8-17,20-27,40-41,46H,1-7,18-19,28-35,44H2,(H-,47,48)/p+1. The van der Waals surface area contributed by atoms with Gasteiger partial charge < -0.3 is 25.5 Å². The van der Waals surface area contributed by atoms with E-state index >= 15 is 0 Å². The van der Waals surface area contributed by atoms with Crippen molar-refractivity contribution < 1.29 is 19.8 Å². The van der Waals surface area contributed by atoms with Crippen LogP contribution in [0.5, 0.6) is 11.5 Å².